The van der Waals surface area contributed by atoms with Gasteiger partial charge in [-0.2, -0.15) is 0 Å². The largest absolute Gasteiger partial charge is 0.573 e. The summed E-state index contributed by atoms with van der Waals surface area (Å²) < 4.78 is 38.2. The van der Waals surface area contributed by atoms with Crippen LogP contribution in [0.2, 0.25) is 0 Å². The number of pyridine rings is 1. The number of anilines is 1. The summed E-state index contributed by atoms with van der Waals surface area (Å²) in [6, 6.07) is 2.32. The lowest BCUT2D eigenvalue weighted by atomic mass is 10.4. The van der Waals surface area contributed by atoms with Crippen LogP contribution in [0.1, 0.15) is 0 Å². The van der Waals surface area contributed by atoms with E-state index in [1.807, 2.05) is 0 Å². The smallest absolute Gasteiger partial charge is 0.404 e. The van der Waals surface area contributed by atoms with Gasteiger partial charge in [-0.1, -0.05) is 0 Å². The molecule has 2 N–H and O–H groups in total. The van der Waals surface area contributed by atoms with Gasteiger partial charge in [0, 0.05) is 0 Å². The Morgan fingerprint density at radius 1 is 1.21 bits per heavy atom. The fourth-order valence-electron chi connectivity index (χ4n) is 0.586. The van der Waals surface area contributed by atoms with Crippen LogP contribution in [0.5, 0.6) is 5.75 Å². The number of nitrogen functional groups attached to an aromatic ring is 1. The molecular weight excluding hydrogens is 244 g/mol. The van der Waals surface area contributed by atoms with Gasteiger partial charge in [-0.05, 0) is 12.1 Å². The van der Waals surface area contributed by atoms with Gasteiger partial charge in [-0.25, -0.2) is 4.98 Å². The molecule has 0 bridgehead atoms. The summed E-state index contributed by atoms with van der Waals surface area (Å²) in [7, 11) is 0. The minimum absolute atomic E-state index is 0. The molecule has 0 fully saturated rings. The highest BCUT2D eigenvalue weighted by Gasteiger charge is 2.31. The molecule has 14 heavy (non-hydrogen) atoms. The molecule has 0 radical (unpaired) electrons. The van der Waals surface area contributed by atoms with Crippen LogP contribution in [0.25, 0.3) is 0 Å². The molecule has 1 rings (SSSR count). The molecule has 0 unspecified atom stereocenters. The number of ether oxygens (including phenoxy) is 1. The summed E-state index contributed by atoms with van der Waals surface area (Å²) in [4.78, 5) is 3.42. The topological polar surface area (TPSA) is 48.1 Å². The van der Waals surface area contributed by atoms with Crippen LogP contribution in [0, 0.1) is 0 Å². The van der Waals surface area contributed by atoms with Gasteiger partial charge in [0.2, 0.25) is 0 Å². The minimum atomic E-state index is -4.68. The zero-order chi connectivity index (χ0) is 9.19. The second-order valence-electron chi connectivity index (χ2n) is 1.97. The molecule has 0 aliphatic rings. The Labute approximate surface area is 90.3 Å². The average Bonchev–Trinajstić information content (AvgIpc) is 1.91. The summed E-state index contributed by atoms with van der Waals surface area (Å²) >= 11 is 0. The second-order valence-corrected chi connectivity index (χ2v) is 1.97. The van der Waals surface area contributed by atoms with E-state index < -0.39 is 6.36 Å². The Balaban J connectivity index is 0. The lowest BCUT2D eigenvalue weighted by molar-refractivity contribution is -0.274. The number of hydrogen-bond donors (Lipinski definition) is 1. The summed E-state index contributed by atoms with van der Waals surface area (Å²) in [5, 5.41) is 0. The number of nitrogens with two attached hydrogens (primary N) is 1. The third-order valence-corrected chi connectivity index (χ3v) is 0.993. The molecule has 82 valence electrons. The minimum Gasteiger partial charge on any atom is -0.404 e. The Morgan fingerprint density at radius 3 is 2.14 bits per heavy atom. The molecule has 0 spiro atoms. The molecule has 0 amide bonds. The van der Waals surface area contributed by atoms with E-state index in [2.05, 4.69) is 9.72 Å². The van der Waals surface area contributed by atoms with E-state index in [0.717, 1.165) is 12.3 Å². The summed E-state index contributed by atoms with van der Waals surface area (Å²) in [5.74, 6) is -0.235. The number of hydrogen-bond acceptors (Lipinski definition) is 3. The maximum Gasteiger partial charge on any atom is 0.573 e. The highest BCUT2D eigenvalue weighted by atomic mass is 35.5. The zero-order valence-electron chi connectivity index (χ0n) is 6.62. The van der Waals surface area contributed by atoms with Gasteiger partial charge in [0.05, 0.1) is 6.20 Å². The first kappa shape index (κ1) is 15.6. The van der Waals surface area contributed by atoms with Crippen LogP contribution in [0.3, 0.4) is 0 Å². The van der Waals surface area contributed by atoms with E-state index in [4.69, 9.17) is 5.73 Å². The number of alkyl halides is 3. The van der Waals surface area contributed by atoms with Crippen LogP contribution in [0.4, 0.5) is 19.0 Å². The quantitative estimate of drug-likeness (QED) is 0.833. The molecule has 0 atom stereocenters. The molecule has 3 nitrogen and oxygen atoms in total. The van der Waals surface area contributed by atoms with E-state index in [9.17, 15) is 13.2 Å². The molecule has 1 aromatic rings. The summed E-state index contributed by atoms with van der Waals surface area (Å²) in [5.41, 5.74) is 5.14. The Bertz CT molecular complexity index is 265. The van der Waals surface area contributed by atoms with Gasteiger partial charge in [0.25, 0.3) is 0 Å². The molecule has 0 saturated heterocycles. The molecule has 0 saturated carbocycles. The first-order chi connectivity index (χ1) is 5.47. The van der Waals surface area contributed by atoms with Gasteiger partial charge in [0.1, 0.15) is 11.6 Å². The monoisotopic (exact) mass is 250 g/mol. The maximum absolute atomic E-state index is 11.6. The SMILES string of the molecule is Cl.Cl.Nc1ccc(OC(F)(F)F)cn1. The predicted octanol–water partition coefficient (Wildman–Crippen LogP) is 2.41. The fourth-order valence-corrected chi connectivity index (χ4v) is 0.586. The highest BCUT2D eigenvalue weighted by Crippen LogP contribution is 2.21. The van der Waals surface area contributed by atoms with E-state index in [0.29, 0.717) is 0 Å². The second kappa shape index (κ2) is 5.77. The lowest BCUT2D eigenvalue weighted by Crippen LogP contribution is -2.17. The van der Waals surface area contributed by atoms with Crippen LogP contribution >= 0.6 is 24.8 Å². The van der Waals surface area contributed by atoms with E-state index in [-0.39, 0.29) is 36.4 Å². The van der Waals surface area contributed by atoms with E-state index in [1.165, 1.54) is 6.07 Å². The number of halogens is 5. The Kier molecular flexibility index (Phi) is 6.42. The van der Waals surface area contributed by atoms with Crippen LogP contribution in [-0.2, 0) is 0 Å². The van der Waals surface area contributed by atoms with Crippen molar-refractivity contribution in [2.24, 2.45) is 0 Å². The van der Waals surface area contributed by atoms with E-state index >= 15 is 0 Å². The van der Waals surface area contributed by atoms with Crippen molar-refractivity contribution in [3.05, 3.63) is 18.3 Å². The van der Waals surface area contributed by atoms with Crippen molar-refractivity contribution in [3.63, 3.8) is 0 Å². The van der Waals surface area contributed by atoms with Crippen LogP contribution < -0.4 is 10.5 Å². The fraction of sp³-hybridized carbons (Fsp3) is 0.167. The van der Waals surface area contributed by atoms with Crippen molar-refractivity contribution < 1.29 is 17.9 Å². The van der Waals surface area contributed by atoms with Gasteiger partial charge in [-0.3, -0.25) is 0 Å². The van der Waals surface area contributed by atoms with Crippen molar-refractivity contribution in [2.75, 3.05) is 5.73 Å². The highest BCUT2D eigenvalue weighted by molar-refractivity contribution is 5.85. The van der Waals surface area contributed by atoms with E-state index in [1.54, 1.807) is 0 Å². The number of rotatable bonds is 1. The molecule has 0 aliphatic carbocycles. The van der Waals surface area contributed by atoms with Crippen LogP contribution in [-0.4, -0.2) is 11.3 Å². The third kappa shape index (κ3) is 5.71. The molecular formula is C6H7Cl2F3N2O. The van der Waals surface area contributed by atoms with Gasteiger partial charge < -0.3 is 10.5 Å². The van der Waals surface area contributed by atoms with Gasteiger partial charge in [0.15, 0.2) is 0 Å². The molecule has 0 aliphatic heterocycles. The van der Waals surface area contributed by atoms with Crippen molar-refractivity contribution in [1.82, 2.24) is 4.98 Å². The van der Waals surface area contributed by atoms with Crippen LogP contribution in [0.15, 0.2) is 18.3 Å². The van der Waals surface area contributed by atoms with Crippen molar-refractivity contribution in [1.29, 1.82) is 0 Å². The van der Waals surface area contributed by atoms with Crippen molar-refractivity contribution >= 4 is 30.6 Å². The van der Waals surface area contributed by atoms with Gasteiger partial charge in [-0.15, -0.1) is 38.0 Å². The van der Waals surface area contributed by atoms with Crippen molar-refractivity contribution in [2.45, 2.75) is 6.36 Å². The Morgan fingerprint density at radius 2 is 1.79 bits per heavy atom. The predicted molar refractivity (Wildman–Crippen MR) is 49.8 cm³/mol. The lowest BCUT2D eigenvalue weighted by Gasteiger charge is -2.07. The molecule has 8 heteroatoms. The first-order valence-corrected chi connectivity index (χ1v) is 2.95. The number of aromatic nitrogens is 1. The third-order valence-electron chi connectivity index (χ3n) is 0.993. The number of nitrogens with zero attached hydrogens (tertiary/aromatic N) is 1. The molecule has 1 heterocycles. The normalized spacial score (nSPS) is 9.64. The van der Waals surface area contributed by atoms with Crippen molar-refractivity contribution in [3.8, 4) is 5.75 Å². The first-order valence-electron chi connectivity index (χ1n) is 2.95. The average molecular weight is 251 g/mol. The zero-order valence-corrected chi connectivity index (χ0v) is 8.25. The summed E-state index contributed by atoms with van der Waals surface area (Å²) in [6.07, 6.45) is -3.78. The molecule has 1 aromatic heterocycles. The maximum atomic E-state index is 11.6. The standard InChI is InChI=1S/C6H5F3N2O.2ClH/c7-6(8,9)12-4-1-2-5(10)11-3-4;;/h1-3H,(H2,10,11);2*1H. The Hall–Kier alpha value is -0.880. The van der Waals surface area contributed by atoms with Gasteiger partial charge >= 0.3 is 6.36 Å². The summed E-state index contributed by atoms with van der Waals surface area (Å²) in [6.45, 7) is 0. The molecule has 0 aromatic carbocycles.